The van der Waals surface area contributed by atoms with Crippen LogP contribution in [0.25, 0.3) is 10.2 Å². The van der Waals surface area contributed by atoms with Crippen LogP contribution >= 0.6 is 11.3 Å². The zero-order valence-corrected chi connectivity index (χ0v) is 9.32. The van der Waals surface area contributed by atoms with Crippen molar-refractivity contribution in [3.8, 4) is 0 Å². The Kier molecular flexibility index (Phi) is 2.27. The minimum Gasteiger partial charge on any atom is -0.395 e. The largest absolute Gasteiger partial charge is 0.395 e. The van der Waals surface area contributed by atoms with E-state index in [9.17, 15) is 5.11 Å². The van der Waals surface area contributed by atoms with E-state index in [1.165, 1.54) is 0 Å². The van der Waals surface area contributed by atoms with Gasteiger partial charge in [0.2, 0.25) is 0 Å². The quantitative estimate of drug-likeness (QED) is 0.684. The monoisotopic (exact) mass is 228 g/mol. The highest BCUT2D eigenvalue weighted by Crippen LogP contribution is 2.29. The minimum atomic E-state index is -0.604. The Morgan fingerprint density at radius 3 is 2.88 bits per heavy atom. The molecule has 0 radical (unpaired) electrons. The van der Waals surface area contributed by atoms with Gasteiger partial charge in [0.25, 0.3) is 0 Å². The molecule has 1 heterocycles. The van der Waals surface area contributed by atoms with E-state index in [1.54, 1.807) is 11.3 Å². The van der Waals surface area contributed by atoms with Gasteiger partial charge in [-0.3, -0.25) is 0 Å². The van der Waals surface area contributed by atoms with Crippen LogP contribution in [-0.4, -0.2) is 10.1 Å². The molecule has 0 aliphatic heterocycles. The van der Waals surface area contributed by atoms with Gasteiger partial charge in [-0.25, -0.2) is 11.1 Å². The molecular formula is C13H10NOS-. The first kappa shape index (κ1) is 9.63. The average Bonchev–Trinajstić information content (AvgIpc) is 2.97. The number of rotatable bonds is 2. The molecule has 2 aromatic carbocycles. The number of aliphatic hydroxyl groups excluding tert-OH is 1. The summed E-state index contributed by atoms with van der Waals surface area (Å²) in [6.45, 7) is 0. The van der Waals surface area contributed by atoms with E-state index in [-0.39, 0.29) is 0 Å². The van der Waals surface area contributed by atoms with Gasteiger partial charge >= 0.3 is 0 Å². The first-order valence-electron chi connectivity index (χ1n) is 5.10. The SMILES string of the molecule is OC(c1cc[cH-]c1)c1nc2ccccc2s1. The van der Waals surface area contributed by atoms with E-state index in [0.717, 1.165) is 20.8 Å². The van der Waals surface area contributed by atoms with Gasteiger partial charge in [0, 0.05) is 0 Å². The molecule has 80 valence electrons. The molecule has 0 bridgehead atoms. The Labute approximate surface area is 97.2 Å². The fourth-order valence-corrected chi connectivity index (χ4v) is 2.70. The molecule has 16 heavy (non-hydrogen) atoms. The summed E-state index contributed by atoms with van der Waals surface area (Å²) in [6, 6.07) is 15.6. The molecule has 3 heteroatoms. The van der Waals surface area contributed by atoms with Crippen LogP contribution in [0.1, 0.15) is 16.7 Å². The smallest absolute Gasteiger partial charge is 0.114 e. The third-order valence-corrected chi connectivity index (χ3v) is 3.64. The van der Waals surface area contributed by atoms with Crippen LogP contribution in [-0.2, 0) is 0 Å². The van der Waals surface area contributed by atoms with E-state index in [2.05, 4.69) is 4.98 Å². The highest BCUT2D eigenvalue weighted by atomic mass is 32.1. The number of benzene rings is 1. The van der Waals surface area contributed by atoms with E-state index in [4.69, 9.17) is 0 Å². The van der Waals surface area contributed by atoms with Crippen LogP contribution in [0.4, 0.5) is 0 Å². The molecule has 0 aliphatic carbocycles. The fourth-order valence-electron chi connectivity index (χ4n) is 1.72. The molecule has 1 unspecified atom stereocenters. The maximum Gasteiger partial charge on any atom is 0.114 e. The van der Waals surface area contributed by atoms with Gasteiger partial charge < -0.3 is 5.11 Å². The topological polar surface area (TPSA) is 33.1 Å². The molecule has 1 N–H and O–H groups in total. The molecule has 0 fully saturated rings. The van der Waals surface area contributed by atoms with Crippen LogP contribution in [0.15, 0.2) is 48.5 Å². The van der Waals surface area contributed by atoms with Gasteiger partial charge in [0.15, 0.2) is 0 Å². The summed E-state index contributed by atoms with van der Waals surface area (Å²) < 4.78 is 1.11. The molecular weight excluding hydrogens is 218 g/mol. The lowest BCUT2D eigenvalue weighted by atomic mass is 10.2. The Bertz CT molecular complexity index is 564. The summed E-state index contributed by atoms with van der Waals surface area (Å²) in [6.07, 6.45) is -0.604. The summed E-state index contributed by atoms with van der Waals surface area (Å²) in [7, 11) is 0. The third kappa shape index (κ3) is 1.54. The third-order valence-electron chi connectivity index (χ3n) is 2.55. The number of aliphatic hydroxyl groups is 1. The number of fused-ring (bicyclic) bond motifs is 1. The van der Waals surface area contributed by atoms with Crippen LogP contribution in [0, 0.1) is 0 Å². The van der Waals surface area contributed by atoms with E-state index in [1.807, 2.05) is 48.5 Å². The lowest BCUT2D eigenvalue weighted by molar-refractivity contribution is 0.220. The number of nitrogens with zero attached hydrogens (tertiary/aromatic N) is 1. The Morgan fingerprint density at radius 2 is 2.12 bits per heavy atom. The van der Waals surface area contributed by atoms with Crippen molar-refractivity contribution in [2.45, 2.75) is 6.10 Å². The predicted octanol–water partition coefficient (Wildman–Crippen LogP) is 3.10. The van der Waals surface area contributed by atoms with Gasteiger partial charge in [-0.2, -0.15) is 23.8 Å². The molecule has 0 aliphatic rings. The predicted molar refractivity (Wildman–Crippen MR) is 65.7 cm³/mol. The zero-order chi connectivity index (χ0) is 11.0. The second kappa shape index (κ2) is 3.77. The van der Waals surface area contributed by atoms with Crippen LogP contribution < -0.4 is 0 Å². The zero-order valence-electron chi connectivity index (χ0n) is 8.50. The Morgan fingerprint density at radius 1 is 1.25 bits per heavy atom. The van der Waals surface area contributed by atoms with Crippen LogP contribution in [0.2, 0.25) is 0 Å². The second-order valence-electron chi connectivity index (χ2n) is 3.64. The number of hydrogen-bond acceptors (Lipinski definition) is 3. The van der Waals surface area contributed by atoms with Crippen molar-refractivity contribution in [3.63, 3.8) is 0 Å². The van der Waals surface area contributed by atoms with Crippen molar-refractivity contribution < 1.29 is 5.11 Å². The molecule has 0 saturated carbocycles. The summed E-state index contributed by atoms with van der Waals surface area (Å²) in [4.78, 5) is 4.44. The van der Waals surface area contributed by atoms with Crippen molar-refractivity contribution in [2.75, 3.05) is 0 Å². The van der Waals surface area contributed by atoms with Crippen molar-refractivity contribution in [1.82, 2.24) is 4.98 Å². The first-order chi connectivity index (χ1) is 7.84. The molecule has 3 aromatic rings. The number of para-hydroxylation sites is 1. The summed E-state index contributed by atoms with van der Waals surface area (Å²) in [5, 5.41) is 10.9. The minimum absolute atomic E-state index is 0.604. The summed E-state index contributed by atoms with van der Waals surface area (Å²) in [5.74, 6) is 0. The van der Waals surface area contributed by atoms with Crippen LogP contribution in [0.5, 0.6) is 0 Å². The first-order valence-corrected chi connectivity index (χ1v) is 5.91. The lowest BCUT2D eigenvalue weighted by Gasteiger charge is -2.10. The molecule has 3 rings (SSSR count). The van der Waals surface area contributed by atoms with Crippen molar-refractivity contribution in [2.24, 2.45) is 0 Å². The van der Waals surface area contributed by atoms with Crippen molar-refractivity contribution in [1.29, 1.82) is 0 Å². The van der Waals surface area contributed by atoms with Gasteiger partial charge in [-0.1, -0.05) is 12.1 Å². The molecule has 0 amide bonds. The van der Waals surface area contributed by atoms with Gasteiger partial charge in [0.05, 0.1) is 16.3 Å². The van der Waals surface area contributed by atoms with E-state index < -0.39 is 6.10 Å². The van der Waals surface area contributed by atoms with Gasteiger partial charge in [-0.15, -0.1) is 11.3 Å². The Balaban J connectivity index is 2.06. The molecule has 2 nitrogen and oxygen atoms in total. The van der Waals surface area contributed by atoms with Crippen molar-refractivity contribution in [3.05, 3.63) is 59.1 Å². The standard InChI is InChI=1S/C13H10NOS/c15-12(9-5-1-2-6-9)13-14-10-7-3-4-8-11(10)16-13/h1-8,12,15H/q-1. The van der Waals surface area contributed by atoms with Gasteiger partial charge in [0.1, 0.15) is 5.01 Å². The summed E-state index contributed by atoms with van der Waals surface area (Å²) in [5.41, 5.74) is 1.85. The normalized spacial score (nSPS) is 13.1. The van der Waals surface area contributed by atoms with Crippen LogP contribution in [0.3, 0.4) is 0 Å². The maximum atomic E-state index is 10.1. The summed E-state index contributed by atoms with van der Waals surface area (Å²) >= 11 is 1.54. The van der Waals surface area contributed by atoms with Gasteiger partial charge in [-0.05, 0) is 12.1 Å². The highest BCUT2D eigenvalue weighted by molar-refractivity contribution is 7.18. The maximum absolute atomic E-state index is 10.1. The molecule has 0 spiro atoms. The number of aromatic nitrogens is 1. The van der Waals surface area contributed by atoms with E-state index in [0.29, 0.717) is 0 Å². The van der Waals surface area contributed by atoms with E-state index >= 15 is 0 Å². The average molecular weight is 228 g/mol. The molecule has 0 saturated heterocycles. The Hall–Kier alpha value is -1.58. The number of hydrogen-bond donors (Lipinski definition) is 1. The molecule has 1 atom stereocenters. The second-order valence-corrected chi connectivity index (χ2v) is 4.70. The molecule has 1 aromatic heterocycles. The fraction of sp³-hybridized carbons (Fsp3) is 0.0769. The van der Waals surface area contributed by atoms with Crippen molar-refractivity contribution >= 4 is 21.6 Å². The number of thiazole rings is 1. The lowest BCUT2D eigenvalue weighted by Crippen LogP contribution is -1.96. The highest BCUT2D eigenvalue weighted by Gasteiger charge is 2.10.